The van der Waals surface area contributed by atoms with E-state index in [-0.39, 0.29) is 6.04 Å². The molecule has 1 fully saturated rings. The molecule has 0 unspecified atom stereocenters. The van der Waals surface area contributed by atoms with Gasteiger partial charge in [-0.3, -0.25) is 15.0 Å². The highest BCUT2D eigenvalue weighted by Crippen LogP contribution is 2.18. The molecule has 1 saturated carbocycles. The largest absolute Gasteiger partial charge is 0.345 e. The van der Waals surface area contributed by atoms with E-state index in [4.69, 9.17) is 0 Å². The minimum Gasteiger partial charge on any atom is -0.345 e. The Bertz CT molecular complexity index is 651. The molecule has 1 aromatic carbocycles. The Hall–Kier alpha value is -2.19. The Balaban J connectivity index is 1.84. The summed E-state index contributed by atoms with van der Waals surface area (Å²) in [7, 11) is -3.86. The minimum absolute atomic E-state index is 0.0258. The van der Waals surface area contributed by atoms with E-state index in [1.165, 1.54) is 6.08 Å². The normalized spacial score (nSPS) is 14.9. The van der Waals surface area contributed by atoms with Gasteiger partial charge in [0, 0.05) is 11.4 Å². The number of amides is 2. The number of hydrazine groups is 1. The molecule has 21 heavy (non-hydrogen) atoms. The third-order valence-corrected chi connectivity index (χ3v) is 3.55. The van der Waals surface area contributed by atoms with Crippen molar-refractivity contribution in [3.8, 4) is 0 Å². The molecular formula is C13H15N3O4S. The Morgan fingerprint density at radius 1 is 1.10 bits per heavy atom. The van der Waals surface area contributed by atoms with Gasteiger partial charge in [0.2, 0.25) is 0 Å². The molecule has 1 aromatic rings. The minimum atomic E-state index is -3.86. The maximum atomic E-state index is 11.6. The van der Waals surface area contributed by atoms with Gasteiger partial charge in [0.1, 0.15) is 0 Å². The number of hydrogen-bond donors (Lipinski definition) is 3. The summed E-state index contributed by atoms with van der Waals surface area (Å²) in [6, 6.07) is 8.83. The van der Waals surface area contributed by atoms with E-state index < -0.39 is 21.8 Å². The summed E-state index contributed by atoms with van der Waals surface area (Å²) < 4.78 is 23.2. The van der Waals surface area contributed by atoms with Gasteiger partial charge < -0.3 is 5.32 Å². The van der Waals surface area contributed by atoms with Crippen LogP contribution in [0.3, 0.4) is 0 Å². The lowest BCUT2D eigenvalue weighted by Crippen LogP contribution is -2.48. The molecule has 1 aliphatic rings. The smallest absolute Gasteiger partial charge is 0.324 e. The molecule has 0 spiro atoms. The van der Waals surface area contributed by atoms with Crippen LogP contribution in [-0.4, -0.2) is 26.3 Å². The van der Waals surface area contributed by atoms with Crippen LogP contribution in [0.4, 0.5) is 0 Å². The summed E-state index contributed by atoms with van der Waals surface area (Å²) in [5, 5.41) is 3.35. The SMILES string of the molecule is O=C(NNS(=O)(=O)/C=C/c1ccccc1)C(=O)NC1CC1. The van der Waals surface area contributed by atoms with Gasteiger partial charge in [0.15, 0.2) is 0 Å². The highest BCUT2D eigenvalue weighted by Gasteiger charge is 2.26. The van der Waals surface area contributed by atoms with E-state index in [1.54, 1.807) is 24.3 Å². The number of carbonyl (C=O) groups is 2. The van der Waals surface area contributed by atoms with Crippen molar-refractivity contribution in [3.05, 3.63) is 41.3 Å². The van der Waals surface area contributed by atoms with Crippen LogP contribution in [0.2, 0.25) is 0 Å². The number of benzene rings is 1. The summed E-state index contributed by atoms with van der Waals surface area (Å²) in [6.45, 7) is 0. The summed E-state index contributed by atoms with van der Waals surface area (Å²) in [6.07, 6.45) is 3.05. The van der Waals surface area contributed by atoms with Crippen molar-refractivity contribution in [2.24, 2.45) is 0 Å². The Morgan fingerprint density at radius 2 is 1.76 bits per heavy atom. The molecule has 2 rings (SSSR count). The van der Waals surface area contributed by atoms with Crippen molar-refractivity contribution < 1.29 is 18.0 Å². The molecule has 0 aliphatic heterocycles. The summed E-state index contributed by atoms with van der Waals surface area (Å²) in [5.74, 6) is -1.90. The van der Waals surface area contributed by atoms with Crippen molar-refractivity contribution in [2.45, 2.75) is 18.9 Å². The standard InChI is InChI=1S/C13H15N3O4S/c17-12(14-11-6-7-11)13(18)15-16-21(19,20)9-8-10-4-2-1-3-5-10/h1-5,8-9,11,16H,6-7H2,(H,14,17)(H,15,18)/b9-8+. The van der Waals surface area contributed by atoms with Gasteiger partial charge in [-0.05, 0) is 24.5 Å². The third kappa shape index (κ3) is 5.36. The topological polar surface area (TPSA) is 104 Å². The fourth-order valence-corrected chi connectivity index (χ4v) is 2.06. The Labute approximate surface area is 122 Å². The van der Waals surface area contributed by atoms with Gasteiger partial charge in [-0.15, -0.1) is 4.83 Å². The predicted molar refractivity (Wildman–Crippen MR) is 76.8 cm³/mol. The van der Waals surface area contributed by atoms with E-state index in [1.807, 2.05) is 16.3 Å². The Kier molecular flexibility index (Phi) is 4.71. The molecular weight excluding hydrogens is 294 g/mol. The lowest BCUT2D eigenvalue weighted by molar-refractivity contribution is -0.139. The first kappa shape index (κ1) is 15.2. The van der Waals surface area contributed by atoms with Gasteiger partial charge in [-0.1, -0.05) is 30.3 Å². The lowest BCUT2D eigenvalue weighted by atomic mass is 10.2. The first-order valence-corrected chi connectivity index (χ1v) is 7.87. The van der Waals surface area contributed by atoms with Gasteiger partial charge in [0.25, 0.3) is 10.0 Å². The molecule has 0 radical (unpaired) electrons. The van der Waals surface area contributed by atoms with E-state index >= 15 is 0 Å². The number of hydrogen-bond acceptors (Lipinski definition) is 4. The number of carbonyl (C=O) groups excluding carboxylic acids is 2. The summed E-state index contributed by atoms with van der Waals surface area (Å²) >= 11 is 0. The molecule has 7 nitrogen and oxygen atoms in total. The molecule has 8 heteroatoms. The summed E-state index contributed by atoms with van der Waals surface area (Å²) in [4.78, 5) is 24.5. The first-order chi connectivity index (χ1) is 9.96. The molecule has 0 aromatic heterocycles. The van der Waals surface area contributed by atoms with Crippen LogP contribution in [-0.2, 0) is 19.6 Å². The highest BCUT2D eigenvalue weighted by atomic mass is 32.2. The molecule has 3 N–H and O–H groups in total. The molecule has 1 aliphatic carbocycles. The zero-order valence-electron chi connectivity index (χ0n) is 11.1. The lowest BCUT2D eigenvalue weighted by Gasteiger charge is -2.05. The molecule has 2 amide bonds. The van der Waals surface area contributed by atoms with Crippen LogP contribution in [0.15, 0.2) is 35.7 Å². The zero-order valence-corrected chi connectivity index (χ0v) is 11.9. The predicted octanol–water partition coefficient (Wildman–Crippen LogP) is -0.114. The fourth-order valence-electron chi connectivity index (χ4n) is 1.42. The van der Waals surface area contributed by atoms with Crippen LogP contribution in [0.25, 0.3) is 6.08 Å². The van der Waals surface area contributed by atoms with E-state index in [0.717, 1.165) is 18.2 Å². The number of nitrogens with one attached hydrogen (secondary N) is 3. The molecule has 112 valence electrons. The molecule has 0 bridgehead atoms. The average molecular weight is 309 g/mol. The zero-order chi connectivity index (χ0) is 15.3. The average Bonchev–Trinajstić information content (AvgIpc) is 3.28. The molecule has 0 atom stereocenters. The van der Waals surface area contributed by atoms with Crippen LogP contribution in [0.1, 0.15) is 18.4 Å². The third-order valence-electron chi connectivity index (χ3n) is 2.66. The maximum absolute atomic E-state index is 11.6. The van der Waals surface area contributed by atoms with E-state index in [0.29, 0.717) is 5.56 Å². The van der Waals surface area contributed by atoms with Crippen molar-refractivity contribution in [1.29, 1.82) is 0 Å². The van der Waals surface area contributed by atoms with Gasteiger partial charge in [0.05, 0.1) is 0 Å². The van der Waals surface area contributed by atoms with Gasteiger partial charge in [-0.25, -0.2) is 8.42 Å². The number of sulfonamides is 1. The second-order valence-electron chi connectivity index (χ2n) is 4.56. The van der Waals surface area contributed by atoms with Crippen molar-refractivity contribution in [2.75, 3.05) is 0 Å². The molecule has 0 saturated heterocycles. The van der Waals surface area contributed by atoms with E-state index in [9.17, 15) is 18.0 Å². The van der Waals surface area contributed by atoms with Crippen LogP contribution in [0, 0.1) is 0 Å². The maximum Gasteiger partial charge on any atom is 0.324 e. The van der Waals surface area contributed by atoms with Gasteiger partial charge in [-0.2, -0.15) is 0 Å². The first-order valence-electron chi connectivity index (χ1n) is 6.32. The quantitative estimate of drug-likeness (QED) is 0.521. The Morgan fingerprint density at radius 3 is 2.38 bits per heavy atom. The second kappa shape index (κ2) is 6.51. The summed E-state index contributed by atoms with van der Waals surface area (Å²) in [5.41, 5.74) is 2.55. The van der Waals surface area contributed by atoms with Crippen LogP contribution in [0.5, 0.6) is 0 Å². The molecule has 0 heterocycles. The monoisotopic (exact) mass is 309 g/mol. The van der Waals surface area contributed by atoms with Crippen LogP contribution < -0.4 is 15.6 Å². The number of rotatable bonds is 5. The van der Waals surface area contributed by atoms with Crippen molar-refractivity contribution in [1.82, 2.24) is 15.6 Å². The van der Waals surface area contributed by atoms with Crippen molar-refractivity contribution >= 4 is 27.9 Å². The van der Waals surface area contributed by atoms with E-state index in [2.05, 4.69) is 5.32 Å². The van der Waals surface area contributed by atoms with Crippen LogP contribution >= 0.6 is 0 Å². The fraction of sp³-hybridized carbons (Fsp3) is 0.231. The van der Waals surface area contributed by atoms with Crippen molar-refractivity contribution in [3.63, 3.8) is 0 Å². The van der Waals surface area contributed by atoms with Gasteiger partial charge >= 0.3 is 11.8 Å². The highest BCUT2D eigenvalue weighted by molar-refractivity contribution is 7.92. The second-order valence-corrected chi connectivity index (χ2v) is 6.13.